The van der Waals surface area contributed by atoms with Gasteiger partial charge in [0, 0.05) is 6.54 Å². The van der Waals surface area contributed by atoms with Gasteiger partial charge in [-0.15, -0.1) is 0 Å². The molecule has 2 heteroatoms. The van der Waals surface area contributed by atoms with Crippen molar-refractivity contribution >= 4 is 0 Å². The van der Waals surface area contributed by atoms with E-state index in [-0.39, 0.29) is 0 Å². The molecule has 0 unspecified atom stereocenters. The lowest BCUT2D eigenvalue weighted by Gasteiger charge is -2.18. The Kier molecular flexibility index (Phi) is 6.36. The molecule has 1 rings (SSSR count). The molecule has 0 bridgehead atoms. The Morgan fingerprint density at radius 3 is 2.53 bits per heavy atom. The number of ether oxygens (including phenoxy) is 1. The van der Waals surface area contributed by atoms with Crippen LogP contribution in [0.4, 0.5) is 0 Å². The van der Waals surface area contributed by atoms with Gasteiger partial charge in [0.15, 0.2) is 0 Å². The van der Waals surface area contributed by atoms with Crippen LogP contribution < -0.4 is 10.1 Å². The highest BCUT2D eigenvalue weighted by Gasteiger charge is 2.08. The Morgan fingerprint density at radius 1 is 1.16 bits per heavy atom. The van der Waals surface area contributed by atoms with Crippen LogP contribution in [0.1, 0.15) is 52.5 Å². The molecule has 1 aromatic rings. The van der Waals surface area contributed by atoms with Crippen LogP contribution in [0.5, 0.6) is 5.75 Å². The normalized spacial score (nSPS) is 11.9. The minimum absolute atomic E-state index is 0.402. The van der Waals surface area contributed by atoms with Crippen molar-refractivity contribution in [1.29, 1.82) is 0 Å². The highest BCUT2D eigenvalue weighted by atomic mass is 16.5. The highest BCUT2D eigenvalue weighted by molar-refractivity contribution is 5.30. The fourth-order valence-electron chi connectivity index (χ4n) is 1.79. The molecular weight excluding hydrogens is 234 g/mol. The molecular formula is C17H29NO. The molecule has 0 aliphatic rings. The van der Waals surface area contributed by atoms with E-state index in [1.165, 1.54) is 12.0 Å². The van der Waals surface area contributed by atoms with Gasteiger partial charge < -0.3 is 10.1 Å². The van der Waals surface area contributed by atoms with E-state index in [0.29, 0.717) is 11.3 Å². The Labute approximate surface area is 118 Å². The van der Waals surface area contributed by atoms with Crippen molar-refractivity contribution in [3.05, 3.63) is 29.8 Å². The molecule has 0 aliphatic heterocycles. The predicted octanol–water partition coefficient (Wildman–Crippen LogP) is 4.21. The van der Waals surface area contributed by atoms with Crippen molar-refractivity contribution < 1.29 is 4.74 Å². The minimum atomic E-state index is 0.402. The number of hydrogen-bond donors (Lipinski definition) is 1. The van der Waals surface area contributed by atoms with E-state index in [9.17, 15) is 0 Å². The van der Waals surface area contributed by atoms with Gasteiger partial charge in [0.2, 0.25) is 0 Å². The lowest BCUT2D eigenvalue weighted by atomic mass is 9.92. The van der Waals surface area contributed by atoms with Gasteiger partial charge in [0.05, 0.1) is 0 Å². The third-order valence-corrected chi connectivity index (χ3v) is 3.12. The topological polar surface area (TPSA) is 21.3 Å². The fourth-order valence-corrected chi connectivity index (χ4v) is 1.79. The van der Waals surface area contributed by atoms with Crippen LogP contribution in [0.2, 0.25) is 0 Å². The summed E-state index contributed by atoms with van der Waals surface area (Å²) in [5, 5.41) is 3.42. The van der Waals surface area contributed by atoms with Crippen molar-refractivity contribution in [2.75, 3.05) is 19.7 Å². The second-order valence-corrected chi connectivity index (χ2v) is 6.64. The monoisotopic (exact) mass is 263 g/mol. The van der Waals surface area contributed by atoms with Gasteiger partial charge in [-0.05, 0) is 42.0 Å². The second kappa shape index (κ2) is 7.54. The summed E-state index contributed by atoms with van der Waals surface area (Å²) >= 11 is 0. The minimum Gasteiger partial charge on any atom is -0.492 e. The van der Waals surface area contributed by atoms with E-state index in [4.69, 9.17) is 4.74 Å². The van der Waals surface area contributed by atoms with E-state index in [0.717, 1.165) is 25.4 Å². The van der Waals surface area contributed by atoms with Gasteiger partial charge in [0.1, 0.15) is 12.4 Å². The predicted molar refractivity (Wildman–Crippen MR) is 83.0 cm³/mol. The molecule has 0 aromatic heterocycles. The third-order valence-electron chi connectivity index (χ3n) is 3.12. The van der Waals surface area contributed by atoms with E-state index in [1.54, 1.807) is 0 Å². The molecule has 108 valence electrons. The van der Waals surface area contributed by atoms with Crippen LogP contribution in [0.15, 0.2) is 24.3 Å². The van der Waals surface area contributed by atoms with E-state index in [2.05, 4.69) is 58.1 Å². The van der Waals surface area contributed by atoms with Gasteiger partial charge in [-0.2, -0.15) is 0 Å². The van der Waals surface area contributed by atoms with Crippen molar-refractivity contribution in [1.82, 2.24) is 5.32 Å². The molecule has 0 radical (unpaired) electrons. The summed E-state index contributed by atoms with van der Waals surface area (Å²) in [6.45, 7) is 13.9. The van der Waals surface area contributed by atoms with Crippen LogP contribution in [-0.2, 0) is 0 Å². The quantitative estimate of drug-likeness (QED) is 0.744. The maximum absolute atomic E-state index is 5.77. The molecule has 0 amide bonds. The molecule has 1 aromatic carbocycles. The molecule has 0 saturated carbocycles. The van der Waals surface area contributed by atoms with Crippen molar-refractivity contribution in [2.45, 2.75) is 47.0 Å². The number of nitrogens with one attached hydrogen (secondary N) is 1. The van der Waals surface area contributed by atoms with Gasteiger partial charge in [-0.1, -0.05) is 46.8 Å². The zero-order chi connectivity index (χ0) is 14.3. The average molecular weight is 263 g/mol. The first-order chi connectivity index (χ1) is 8.88. The molecule has 1 N–H and O–H groups in total. The van der Waals surface area contributed by atoms with E-state index < -0.39 is 0 Å². The molecule has 19 heavy (non-hydrogen) atoms. The molecule has 0 saturated heterocycles. The summed E-state index contributed by atoms with van der Waals surface area (Å²) in [4.78, 5) is 0. The van der Waals surface area contributed by atoms with Crippen LogP contribution in [-0.4, -0.2) is 19.7 Å². The molecule has 0 heterocycles. The number of hydrogen-bond acceptors (Lipinski definition) is 2. The van der Waals surface area contributed by atoms with Crippen molar-refractivity contribution in [2.24, 2.45) is 5.41 Å². The Morgan fingerprint density at radius 2 is 1.89 bits per heavy atom. The van der Waals surface area contributed by atoms with Crippen LogP contribution >= 0.6 is 0 Å². The zero-order valence-corrected chi connectivity index (χ0v) is 13.1. The number of benzene rings is 1. The Balaban J connectivity index is 2.21. The third kappa shape index (κ3) is 7.22. The average Bonchev–Trinajstić information content (AvgIpc) is 2.32. The second-order valence-electron chi connectivity index (χ2n) is 6.64. The number of rotatable bonds is 7. The first-order valence-corrected chi connectivity index (χ1v) is 7.32. The Bertz CT molecular complexity index is 366. The molecule has 0 fully saturated rings. The maximum Gasteiger partial charge on any atom is 0.119 e. The Hall–Kier alpha value is -1.02. The molecule has 2 nitrogen and oxygen atoms in total. The zero-order valence-electron chi connectivity index (χ0n) is 13.1. The van der Waals surface area contributed by atoms with Gasteiger partial charge in [-0.3, -0.25) is 0 Å². The molecule has 0 atom stereocenters. The fraction of sp³-hybridized carbons (Fsp3) is 0.647. The first kappa shape index (κ1) is 16.0. The van der Waals surface area contributed by atoms with Crippen LogP contribution in [0.25, 0.3) is 0 Å². The SMILES string of the molecule is CC(C)c1cccc(OCCNCCC(C)(C)C)c1. The summed E-state index contributed by atoms with van der Waals surface area (Å²) in [5.74, 6) is 1.53. The van der Waals surface area contributed by atoms with E-state index in [1.807, 2.05) is 6.07 Å². The van der Waals surface area contributed by atoms with Crippen LogP contribution in [0.3, 0.4) is 0 Å². The lowest BCUT2D eigenvalue weighted by Crippen LogP contribution is -2.25. The summed E-state index contributed by atoms with van der Waals surface area (Å²) in [5.41, 5.74) is 1.73. The first-order valence-electron chi connectivity index (χ1n) is 7.32. The summed E-state index contributed by atoms with van der Waals surface area (Å²) in [6, 6.07) is 8.39. The summed E-state index contributed by atoms with van der Waals surface area (Å²) in [7, 11) is 0. The standard InChI is InChI=1S/C17H29NO/c1-14(2)15-7-6-8-16(13-15)19-12-11-18-10-9-17(3,4)5/h6-8,13-14,18H,9-12H2,1-5H3. The van der Waals surface area contributed by atoms with E-state index >= 15 is 0 Å². The smallest absolute Gasteiger partial charge is 0.119 e. The van der Waals surface area contributed by atoms with Crippen molar-refractivity contribution in [3.8, 4) is 5.75 Å². The largest absolute Gasteiger partial charge is 0.492 e. The van der Waals surface area contributed by atoms with Gasteiger partial charge in [-0.25, -0.2) is 0 Å². The maximum atomic E-state index is 5.77. The molecule has 0 aliphatic carbocycles. The lowest BCUT2D eigenvalue weighted by molar-refractivity contribution is 0.304. The highest BCUT2D eigenvalue weighted by Crippen LogP contribution is 2.20. The summed E-state index contributed by atoms with van der Waals surface area (Å²) in [6.07, 6.45) is 1.19. The van der Waals surface area contributed by atoms with Crippen molar-refractivity contribution in [3.63, 3.8) is 0 Å². The van der Waals surface area contributed by atoms with Crippen LogP contribution in [0, 0.1) is 5.41 Å². The molecule has 0 spiro atoms. The van der Waals surface area contributed by atoms with Gasteiger partial charge >= 0.3 is 0 Å². The van der Waals surface area contributed by atoms with Gasteiger partial charge in [0.25, 0.3) is 0 Å². The summed E-state index contributed by atoms with van der Waals surface area (Å²) < 4.78 is 5.77.